The third-order valence-corrected chi connectivity index (χ3v) is 3.19. The maximum atomic E-state index is 11.2. The summed E-state index contributed by atoms with van der Waals surface area (Å²) in [6.07, 6.45) is 1.37. The lowest BCUT2D eigenvalue weighted by Crippen LogP contribution is -2.14. The van der Waals surface area contributed by atoms with Crippen molar-refractivity contribution >= 4 is 39.9 Å². The number of halogens is 1. The molecular formula is C7H6IN5OS. The molecule has 2 heterocycles. The van der Waals surface area contributed by atoms with Crippen LogP contribution in [0.1, 0.15) is 5.69 Å². The van der Waals surface area contributed by atoms with Gasteiger partial charge in [0.1, 0.15) is 9.39 Å². The molecule has 0 radical (unpaired) electrons. The van der Waals surface area contributed by atoms with Gasteiger partial charge in [-0.05, 0) is 34.1 Å². The number of hydrogen-bond donors (Lipinski definition) is 2. The van der Waals surface area contributed by atoms with Gasteiger partial charge in [-0.3, -0.25) is 4.79 Å². The lowest BCUT2D eigenvalue weighted by molar-refractivity contribution is 0.976. The Labute approximate surface area is 102 Å². The maximum Gasteiger partial charge on any atom is 0.266 e. The maximum absolute atomic E-state index is 11.2. The number of nitrogens with zero attached hydrogens (tertiary/aromatic N) is 3. The normalized spacial score (nSPS) is 10.2. The van der Waals surface area contributed by atoms with E-state index in [1.807, 2.05) is 28.0 Å². The van der Waals surface area contributed by atoms with Crippen molar-refractivity contribution in [1.29, 1.82) is 0 Å². The molecule has 0 fully saturated rings. The number of anilines is 1. The molecule has 0 spiro atoms. The first-order chi connectivity index (χ1) is 7.27. The van der Waals surface area contributed by atoms with E-state index in [-0.39, 0.29) is 5.56 Å². The molecule has 0 unspecified atom stereocenters. The first-order valence-corrected chi connectivity index (χ1v) is 5.92. The molecule has 0 aromatic carbocycles. The highest BCUT2D eigenvalue weighted by molar-refractivity contribution is 14.1. The zero-order valence-electron chi connectivity index (χ0n) is 7.40. The largest absolute Gasteiger partial charge is 0.363 e. The molecule has 0 aliphatic carbocycles. The molecule has 8 heteroatoms. The van der Waals surface area contributed by atoms with Crippen LogP contribution in [0, 0.1) is 3.57 Å². The van der Waals surface area contributed by atoms with Gasteiger partial charge in [-0.15, -0.1) is 5.10 Å². The van der Waals surface area contributed by atoms with Crippen LogP contribution in [0.2, 0.25) is 0 Å². The molecule has 15 heavy (non-hydrogen) atoms. The van der Waals surface area contributed by atoms with Crippen molar-refractivity contribution in [3.05, 3.63) is 31.3 Å². The van der Waals surface area contributed by atoms with Crippen molar-refractivity contribution in [2.24, 2.45) is 0 Å². The zero-order valence-corrected chi connectivity index (χ0v) is 10.4. The van der Waals surface area contributed by atoms with E-state index in [0.717, 1.165) is 5.69 Å². The Morgan fingerprint density at radius 1 is 1.60 bits per heavy atom. The number of H-pyrrole nitrogens is 1. The second-order valence-electron chi connectivity index (χ2n) is 2.64. The predicted molar refractivity (Wildman–Crippen MR) is 64.8 cm³/mol. The highest BCUT2D eigenvalue weighted by atomic mass is 127. The fourth-order valence-corrected chi connectivity index (χ4v) is 1.88. The Morgan fingerprint density at radius 2 is 2.47 bits per heavy atom. The second kappa shape index (κ2) is 4.66. The van der Waals surface area contributed by atoms with Gasteiger partial charge in [-0.1, -0.05) is 4.49 Å². The fourth-order valence-electron chi connectivity index (χ4n) is 0.942. The molecule has 0 aliphatic heterocycles. The Bertz CT molecular complexity index is 496. The van der Waals surface area contributed by atoms with Crippen molar-refractivity contribution < 1.29 is 0 Å². The Kier molecular flexibility index (Phi) is 3.26. The van der Waals surface area contributed by atoms with Gasteiger partial charge in [-0.2, -0.15) is 0 Å². The van der Waals surface area contributed by atoms with Gasteiger partial charge in [0.25, 0.3) is 5.56 Å². The van der Waals surface area contributed by atoms with E-state index in [0.29, 0.717) is 15.9 Å². The van der Waals surface area contributed by atoms with Crippen LogP contribution in [0.4, 0.5) is 5.82 Å². The van der Waals surface area contributed by atoms with Gasteiger partial charge < -0.3 is 10.3 Å². The van der Waals surface area contributed by atoms with E-state index in [4.69, 9.17) is 0 Å². The van der Waals surface area contributed by atoms with Crippen molar-refractivity contribution in [2.75, 3.05) is 5.32 Å². The predicted octanol–water partition coefficient (Wildman–Crippen LogP) is 0.838. The molecule has 0 atom stereocenters. The monoisotopic (exact) mass is 335 g/mol. The Morgan fingerprint density at radius 3 is 3.20 bits per heavy atom. The molecule has 0 saturated heterocycles. The van der Waals surface area contributed by atoms with Crippen molar-refractivity contribution in [2.45, 2.75) is 6.54 Å². The number of hydrogen-bond acceptors (Lipinski definition) is 6. The van der Waals surface area contributed by atoms with Crippen molar-refractivity contribution in [3.8, 4) is 0 Å². The molecule has 2 aromatic heterocycles. The SMILES string of the molecule is O=c1[nH]cnc(NCc2csnn2)c1I. The van der Waals surface area contributed by atoms with E-state index in [2.05, 4.69) is 24.9 Å². The van der Waals surface area contributed by atoms with Gasteiger partial charge in [0.15, 0.2) is 0 Å². The average Bonchev–Trinajstić information content (AvgIpc) is 2.73. The van der Waals surface area contributed by atoms with Crippen LogP contribution < -0.4 is 10.9 Å². The van der Waals surface area contributed by atoms with E-state index >= 15 is 0 Å². The summed E-state index contributed by atoms with van der Waals surface area (Å²) in [4.78, 5) is 17.7. The van der Waals surface area contributed by atoms with Crippen molar-refractivity contribution in [1.82, 2.24) is 19.6 Å². The third kappa shape index (κ3) is 2.50. The Balaban J connectivity index is 2.12. The molecule has 0 saturated carbocycles. The molecule has 2 N–H and O–H groups in total. The van der Waals surface area contributed by atoms with Gasteiger partial charge in [0.2, 0.25) is 0 Å². The van der Waals surface area contributed by atoms with Gasteiger partial charge >= 0.3 is 0 Å². The molecule has 2 aromatic rings. The minimum atomic E-state index is -0.149. The molecule has 0 amide bonds. The van der Waals surface area contributed by atoms with Crippen LogP contribution in [0.25, 0.3) is 0 Å². The first kappa shape index (κ1) is 10.5. The van der Waals surface area contributed by atoms with Gasteiger partial charge in [0.05, 0.1) is 18.6 Å². The summed E-state index contributed by atoms with van der Waals surface area (Å²) in [5, 5.41) is 8.74. The standard InChI is InChI=1S/C7H6IN5OS/c8-5-6(10-3-11-7(5)14)9-1-4-2-15-13-12-4/h2-3H,1H2,(H2,9,10,11,14). The lowest BCUT2D eigenvalue weighted by atomic mass is 10.4. The summed E-state index contributed by atoms with van der Waals surface area (Å²) in [5.41, 5.74) is 0.683. The number of rotatable bonds is 3. The third-order valence-electron chi connectivity index (χ3n) is 1.64. The smallest absolute Gasteiger partial charge is 0.266 e. The number of aromatic nitrogens is 4. The van der Waals surface area contributed by atoms with Crippen molar-refractivity contribution in [3.63, 3.8) is 0 Å². The molecule has 6 nitrogen and oxygen atoms in total. The van der Waals surface area contributed by atoms with Crippen LogP contribution in [0.15, 0.2) is 16.5 Å². The summed E-state index contributed by atoms with van der Waals surface area (Å²) < 4.78 is 4.28. The summed E-state index contributed by atoms with van der Waals surface area (Å²) >= 11 is 3.23. The molecule has 78 valence electrons. The first-order valence-electron chi connectivity index (χ1n) is 4.00. The number of aromatic amines is 1. The van der Waals surface area contributed by atoms with E-state index in [1.165, 1.54) is 17.9 Å². The van der Waals surface area contributed by atoms with Gasteiger partial charge in [-0.25, -0.2) is 4.98 Å². The van der Waals surface area contributed by atoms with E-state index in [1.54, 1.807) is 0 Å². The quantitative estimate of drug-likeness (QED) is 0.812. The average molecular weight is 335 g/mol. The van der Waals surface area contributed by atoms with Crippen LogP contribution in [0.5, 0.6) is 0 Å². The topological polar surface area (TPSA) is 83.6 Å². The molecule has 0 bridgehead atoms. The molecular weight excluding hydrogens is 329 g/mol. The lowest BCUT2D eigenvalue weighted by Gasteiger charge is -2.03. The van der Waals surface area contributed by atoms with Crippen LogP contribution in [-0.4, -0.2) is 19.6 Å². The summed E-state index contributed by atoms with van der Waals surface area (Å²) in [6, 6.07) is 0. The van der Waals surface area contributed by atoms with Crippen LogP contribution in [-0.2, 0) is 6.54 Å². The Hall–Kier alpha value is -1.03. The van der Waals surface area contributed by atoms with Crippen LogP contribution >= 0.6 is 34.1 Å². The highest BCUT2D eigenvalue weighted by Crippen LogP contribution is 2.10. The second-order valence-corrected chi connectivity index (χ2v) is 4.33. The minimum Gasteiger partial charge on any atom is -0.363 e. The minimum absolute atomic E-state index is 0.149. The molecule has 0 aliphatic rings. The fraction of sp³-hybridized carbons (Fsp3) is 0.143. The number of nitrogens with one attached hydrogen (secondary N) is 2. The van der Waals surface area contributed by atoms with E-state index in [9.17, 15) is 4.79 Å². The van der Waals surface area contributed by atoms with Gasteiger partial charge in [0, 0.05) is 5.38 Å². The van der Waals surface area contributed by atoms with Crippen LogP contribution in [0.3, 0.4) is 0 Å². The summed E-state index contributed by atoms with van der Waals surface area (Å²) in [7, 11) is 0. The van der Waals surface area contributed by atoms with E-state index < -0.39 is 0 Å². The highest BCUT2D eigenvalue weighted by Gasteiger charge is 2.04. The summed E-state index contributed by atoms with van der Waals surface area (Å²) in [5.74, 6) is 0.562. The summed E-state index contributed by atoms with van der Waals surface area (Å²) in [6.45, 7) is 0.517. The molecule has 2 rings (SSSR count). The zero-order chi connectivity index (χ0) is 10.7.